The Morgan fingerprint density at radius 2 is 0.650 bits per heavy atom. The normalized spacial score (nSPS) is 11.1. The molecule has 0 heterocycles. The minimum absolute atomic E-state index is 0.220. The van der Waals surface area contributed by atoms with Gasteiger partial charge in [-0.1, -0.05) is 198 Å². The Kier molecular flexibility index (Phi) is 8.13. The van der Waals surface area contributed by atoms with Crippen LogP contribution in [0.1, 0.15) is 11.1 Å². The standard InChI is InChI=1S/C38H30BP/c1-5-13-33(14-6-1)39(34-15-7-2-8-16-34)35-27-23-31(24-28-35)21-22-32-25-29-38(30-26-32)40(36-17-9-3-10-18-36)37-19-11-4-12-20-37/h1-30H. The molecule has 0 fully saturated rings. The van der Waals surface area contributed by atoms with Crippen molar-refractivity contribution in [2.45, 2.75) is 0 Å². The Morgan fingerprint density at radius 1 is 0.325 bits per heavy atom. The monoisotopic (exact) mass is 528 g/mol. The average Bonchev–Trinajstić information content (AvgIpc) is 3.04. The van der Waals surface area contributed by atoms with Crippen LogP contribution in [0.4, 0.5) is 0 Å². The van der Waals surface area contributed by atoms with Gasteiger partial charge in [0.15, 0.2) is 0 Å². The number of hydrogen-bond donors (Lipinski definition) is 0. The van der Waals surface area contributed by atoms with Crippen molar-refractivity contribution in [2.24, 2.45) is 0 Å². The van der Waals surface area contributed by atoms with Crippen LogP contribution >= 0.6 is 7.92 Å². The quantitative estimate of drug-likeness (QED) is 0.127. The van der Waals surface area contributed by atoms with Crippen LogP contribution in [-0.2, 0) is 0 Å². The summed E-state index contributed by atoms with van der Waals surface area (Å²) in [5.41, 5.74) is 6.32. The van der Waals surface area contributed by atoms with E-state index in [0.29, 0.717) is 0 Å². The highest BCUT2D eigenvalue weighted by Gasteiger charge is 2.21. The zero-order valence-electron chi connectivity index (χ0n) is 22.3. The largest absolute Gasteiger partial charge is 0.241 e. The molecule has 0 bridgehead atoms. The first-order chi connectivity index (χ1) is 19.8. The van der Waals surface area contributed by atoms with E-state index in [2.05, 4.69) is 182 Å². The Hall–Kier alpha value is -4.45. The van der Waals surface area contributed by atoms with Crippen LogP contribution in [0, 0.1) is 0 Å². The maximum absolute atomic E-state index is 2.29. The van der Waals surface area contributed by atoms with Crippen LogP contribution in [0.15, 0.2) is 170 Å². The van der Waals surface area contributed by atoms with Gasteiger partial charge in [0, 0.05) is 0 Å². The third-order valence-electron chi connectivity index (χ3n) is 7.18. The van der Waals surface area contributed by atoms with Crippen LogP contribution in [0.2, 0.25) is 0 Å². The summed E-state index contributed by atoms with van der Waals surface area (Å²) in [5.74, 6) is 0. The number of benzene rings is 6. The molecule has 6 aromatic carbocycles. The molecular weight excluding hydrogens is 498 g/mol. The SMILES string of the molecule is C(=Cc1ccc(P(c2ccccc2)c2ccccc2)cc1)c1ccc(B(c2ccccc2)c2ccccc2)cc1. The maximum Gasteiger partial charge on any atom is 0.241 e. The molecule has 2 heteroatoms. The van der Waals surface area contributed by atoms with Gasteiger partial charge in [-0.05, 0) is 35.0 Å². The van der Waals surface area contributed by atoms with Crippen LogP contribution in [-0.4, -0.2) is 6.71 Å². The fraction of sp³-hybridized carbons (Fsp3) is 0. The van der Waals surface area contributed by atoms with Crippen LogP contribution < -0.4 is 32.3 Å². The first kappa shape index (κ1) is 25.8. The predicted octanol–water partition coefficient (Wildman–Crippen LogP) is 6.13. The average molecular weight is 528 g/mol. The molecule has 190 valence electrons. The van der Waals surface area contributed by atoms with Crippen molar-refractivity contribution in [3.05, 3.63) is 181 Å². The van der Waals surface area contributed by atoms with Gasteiger partial charge in [0.2, 0.25) is 6.71 Å². The van der Waals surface area contributed by atoms with E-state index in [-0.39, 0.29) is 6.71 Å². The second-order valence-corrected chi connectivity index (χ2v) is 12.1. The summed E-state index contributed by atoms with van der Waals surface area (Å²) in [4.78, 5) is 0. The molecule has 0 N–H and O–H groups in total. The molecule has 0 saturated carbocycles. The first-order valence-electron chi connectivity index (χ1n) is 13.7. The molecule has 40 heavy (non-hydrogen) atoms. The van der Waals surface area contributed by atoms with Gasteiger partial charge in [0.25, 0.3) is 0 Å². The zero-order valence-corrected chi connectivity index (χ0v) is 23.2. The van der Waals surface area contributed by atoms with Gasteiger partial charge in [-0.25, -0.2) is 0 Å². The highest BCUT2D eigenvalue weighted by atomic mass is 31.1. The second kappa shape index (κ2) is 12.6. The number of hydrogen-bond acceptors (Lipinski definition) is 0. The summed E-state index contributed by atoms with van der Waals surface area (Å²) in [6, 6.07) is 61.3. The molecule has 0 nitrogen and oxygen atoms in total. The molecule has 0 radical (unpaired) electrons. The molecule has 0 aliphatic carbocycles. The summed E-state index contributed by atoms with van der Waals surface area (Å²) >= 11 is 0. The van der Waals surface area contributed by atoms with Gasteiger partial charge in [0.05, 0.1) is 0 Å². The highest BCUT2D eigenvalue weighted by molar-refractivity contribution is 7.79. The van der Waals surface area contributed by atoms with Crippen molar-refractivity contribution in [2.75, 3.05) is 0 Å². The molecule has 0 spiro atoms. The topological polar surface area (TPSA) is 0 Å². The Morgan fingerprint density at radius 3 is 1.07 bits per heavy atom. The van der Waals surface area contributed by atoms with Crippen LogP contribution in [0.5, 0.6) is 0 Å². The summed E-state index contributed by atoms with van der Waals surface area (Å²) in [5, 5.41) is 4.11. The zero-order chi connectivity index (χ0) is 27.0. The lowest BCUT2D eigenvalue weighted by molar-refractivity contribution is 1.67. The highest BCUT2D eigenvalue weighted by Crippen LogP contribution is 2.32. The summed E-state index contributed by atoms with van der Waals surface area (Å²) in [6.07, 6.45) is 4.41. The van der Waals surface area contributed by atoms with Crippen molar-refractivity contribution in [3.63, 3.8) is 0 Å². The van der Waals surface area contributed by atoms with E-state index in [4.69, 9.17) is 0 Å². The van der Waals surface area contributed by atoms with Crippen molar-refractivity contribution in [3.8, 4) is 0 Å². The lowest BCUT2D eigenvalue weighted by atomic mass is 9.37. The fourth-order valence-corrected chi connectivity index (χ4v) is 7.48. The second-order valence-electron chi connectivity index (χ2n) is 9.85. The Labute approximate surface area is 239 Å². The van der Waals surface area contributed by atoms with Gasteiger partial charge in [0.1, 0.15) is 0 Å². The smallest absolute Gasteiger partial charge is 0.0687 e. The molecular formula is C38H30BP. The molecule has 0 aliphatic heterocycles. The van der Waals surface area contributed by atoms with Gasteiger partial charge < -0.3 is 0 Å². The summed E-state index contributed by atoms with van der Waals surface area (Å²) in [7, 11) is -0.584. The Balaban J connectivity index is 1.22. The van der Waals surface area contributed by atoms with Gasteiger partial charge >= 0.3 is 0 Å². The lowest BCUT2D eigenvalue weighted by Crippen LogP contribution is -2.51. The molecule has 0 atom stereocenters. The Bertz CT molecular complexity index is 1440. The fourth-order valence-electron chi connectivity index (χ4n) is 5.20. The van der Waals surface area contributed by atoms with Crippen molar-refractivity contribution < 1.29 is 0 Å². The van der Waals surface area contributed by atoms with Gasteiger partial charge in [-0.15, -0.1) is 0 Å². The molecule has 0 aromatic heterocycles. The van der Waals surface area contributed by atoms with E-state index in [1.165, 1.54) is 43.4 Å². The van der Waals surface area contributed by atoms with E-state index in [0.717, 1.165) is 0 Å². The third-order valence-corrected chi connectivity index (χ3v) is 9.63. The molecule has 0 amide bonds. The minimum Gasteiger partial charge on any atom is -0.0687 e. The summed E-state index contributed by atoms with van der Waals surface area (Å²) < 4.78 is 0. The van der Waals surface area contributed by atoms with E-state index in [1.54, 1.807) is 0 Å². The molecule has 6 aromatic rings. The molecule has 0 unspecified atom stereocenters. The minimum atomic E-state index is -0.584. The third kappa shape index (κ3) is 6.07. The van der Waals surface area contributed by atoms with Crippen molar-refractivity contribution in [1.29, 1.82) is 0 Å². The molecule has 0 saturated heterocycles. The van der Waals surface area contributed by atoms with Crippen LogP contribution in [0.3, 0.4) is 0 Å². The van der Waals surface area contributed by atoms with E-state index < -0.39 is 7.92 Å². The van der Waals surface area contributed by atoms with Gasteiger partial charge in [-0.3, -0.25) is 0 Å². The number of rotatable bonds is 8. The van der Waals surface area contributed by atoms with E-state index in [1.807, 2.05) is 0 Å². The van der Waals surface area contributed by atoms with Crippen molar-refractivity contribution >= 4 is 59.1 Å². The molecule has 6 rings (SSSR count). The molecule has 0 aliphatic rings. The summed E-state index contributed by atoms with van der Waals surface area (Å²) in [6.45, 7) is 0.220. The first-order valence-corrected chi connectivity index (χ1v) is 15.1. The van der Waals surface area contributed by atoms with Gasteiger partial charge in [-0.2, -0.15) is 0 Å². The lowest BCUT2D eigenvalue weighted by Gasteiger charge is -2.19. The maximum atomic E-state index is 2.29. The van der Waals surface area contributed by atoms with Crippen molar-refractivity contribution in [1.82, 2.24) is 0 Å². The van der Waals surface area contributed by atoms with E-state index in [9.17, 15) is 0 Å². The van der Waals surface area contributed by atoms with E-state index >= 15 is 0 Å². The predicted molar refractivity (Wildman–Crippen MR) is 178 cm³/mol. The van der Waals surface area contributed by atoms with Crippen LogP contribution in [0.25, 0.3) is 12.2 Å².